The molecule has 0 saturated carbocycles. The number of piperazine rings is 1. The molecular formula is C21H26N2O. The lowest BCUT2D eigenvalue weighted by Gasteiger charge is -2.37. The summed E-state index contributed by atoms with van der Waals surface area (Å²) >= 11 is 0. The summed E-state index contributed by atoms with van der Waals surface area (Å²) in [5.74, 6) is 0.236. The summed E-state index contributed by atoms with van der Waals surface area (Å²) in [4.78, 5) is 16.9. The fourth-order valence-corrected chi connectivity index (χ4v) is 3.27. The lowest BCUT2D eigenvalue weighted by atomic mass is 10.1. The third-order valence-corrected chi connectivity index (χ3v) is 5.03. The second-order valence-corrected chi connectivity index (χ2v) is 6.75. The standard InChI is InChI=1S/C21H26N2O/c1-16-7-9-19(10-8-16)15-21(24)23-13-11-22(12-14-23)20-6-4-5-17(2)18(20)3/h4-10H,11-15H2,1-3H3. The predicted octanol–water partition coefficient (Wildman–Crippen LogP) is 3.50. The van der Waals surface area contributed by atoms with Crippen molar-refractivity contribution in [1.82, 2.24) is 4.90 Å². The van der Waals surface area contributed by atoms with Crippen LogP contribution in [-0.2, 0) is 11.2 Å². The number of hydrogen-bond acceptors (Lipinski definition) is 2. The maximum Gasteiger partial charge on any atom is 0.227 e. The summed E-state index contributed by atoms with van der Waals surface area (Å²) in [6.45, 7) is 9.82. The lowest BCUT2D eigenvalue weighted by Crippen LogP contribution is -2.49. The number of carbonyl (C=O) groups excluding carboxylic acids is 1. The zero-order valence-corrected chi connectivity index (χ0v) is 14.9. The highest BCUT2D eigenvalue weighted by Gasteiger charge is 2.22. The number of aryl methyl sites for hydroxylation is 2. The van der Waals surface area contributed by atoms with Gasteiger partial charge in [0.2, 0.25) is 5.91 Å². The van der Waals surface area contributed by atoms with Gasteiger partial charge >= 0.3 is 0 Å². The molecule has 2 aromatic rings. The highest BCUT2D eigenvalue weighted by molar-refractivity contribution is 5.79. The first-order chi connectivity index (χ1) is 11.5. The van der Waals surface area contributed by atoms with Crippen LogP contribution >= 0.6 is 0 Å². The largest absolute Gasteiger partial charge is 0.368 e. The van der Waals surface area contributed by atoms with E-state index in [1.54, 1.807) is 0 Å². The molecule has 0 radical (unpaired) electrons. The van der Waals surface area contributed by atoms with Gasteiger partial charge in [-0.3, -0.25) is 4.79 Å². The van der Waals surface area contributed by atoms with Gasteiger partial charge in [-0.05, 0) is 43.5 Å². The quantitative estimate of drug-likeness (QED) is 0.863. The van der Waals surface area contributed by atoms with E-state index < -0.39 is 0 Å². The van der Waals surface area contributed by atoms with Gasteiger partial charge in [0.1, 0.15) is 0 Å². The number of rotatable bonds is 3. The smallest absolute Gasteiger partial charge is 0.227 e. The number of nitrogens with zero attached hydrogens (tertiary/aromatic N) is 2. The van der Waals surface area contributed by atoms with Crippen molar-refractivity contribution in [3.8, 4) is 0 Å². The van der Waals surface area contributed by atoms with E-state index in [0.29, 0.717) is 6.42 Å². The molecule has 1 amide bonds. The molecule has 0 N–H and O–H groups in total. The highest BCUT2D eigenvalue weighted by Crippen LogP contribution is 2.24. The second-order valence-electron chi connectivity index (χ2n) is 6.75. The van der Waals surface area contributed by atoms with Crippen LogP contribution in [0.1, 0.15) is 22.3 Å². The van der Waals surface area contributed by atoms with E-state index in [-0.39, 0.29) is 5.91 Å². The van der Waals surface area contributed by atoms with Gasteiger partial charge in [0.05, 0.1) is 6.42 Å². The van der Waals surface area contributed by atoms with E-state index >= 15 is 0 Å². The molecular weight excluding hydrogens is 296 g/mol. The van der Waals surface area contributed by atoms with Gasteiger partial charge in [-0.15, -0.1) is 0 Å². The Bertz CT molecular complexity index is 713. The molecule has 1 saturated heterocycles. The van der Waals surface area contributed by atoms with Crippen LogP contribution in [0.25, 0.3) is 0 Å². The Balaban J connectivity index is 1.59. The third kappa shape index (κ3) is 3.61. The Morgan fingerprint density at radius 2 is 1.58 bits per heavy atom. The number of benzene rings is 2. The minimum atomic E-state index is 0.236. The fraction of sp³-hybridized carbons (Fsp3) is 0.381. The molecule has 0 unspecified atom stereocenters. The van der Waals surface area contributed by atoms with Gasteiger partial charge in [0.15, 0.2) is 0 Å². The van der Waals surface area contributed by atoms with Crippen LogP contribution in [-0.4, -0.2) is 37.0 Å². The Labute approximate surface area is 144 Å². The van der Waals surface area contributed by atoms with Gasteiger partial charge in [-0.1, -0.05) is 42.0 Å². The van der Waals surface area contributed by atoms with Gasteiger partial charge in [0.25, 0.3) is 0 Å². The molecule has 24 heavy (non-hydrogen) atoms. The molecule has 0 aliphatic carbocycles. The fourth-order valence-electron chi connectivity index (χ4n) is 3.27. The minimum Gasteiger partial charge on any atom is -0.368 e. The summed E-state index contributed by atoms with van der Waals surface area (Å²) < 4.78 is 0. The summed E-state index contributed by atoms with van der Waals surface area (Å²) in [6, 6.07) is 14.7. The maximum absolute atomic E-state index is 12.5. The summed E-state index contributed by atoms with van der Waals surface area (Å²) in [5.41, 5.74) is 6.30. The van der Waals surface area contributed by atoms with Gasteiger partial charge in [0, 0.05) is 31.9 Å². The zero-order chi connectivity index (χ0) is 17.1. The second kappa shape index (κ2) is 7.08. The number of carbonyl (C=O) groups is 1. The molecule has 3 nitrogen and oxygen atoms in total. The van der Waals surface area contributed by atoms with Crippen LogP contribution in [0.15, 0.2) is 42.5 Å². The van der Waals surface area contributed by atoms with Crippen LogP contribution < -0.4 is 4.90 Å². The molecule has 2 aromatic carbocycles. The average molecular weight is 322 g/mol. The summed E-state index contributed by atoms with van der Waals surface area (Å²) in [5, 5.41) is 0. The monoisotopic (exact) mass is 322 g/mol. The first kappa shape index (κ1) is 16.6. The predicted molar refractivity (Wildman–Crippen MR) is 99.6 cm³/mol. The Morgan fingerprint density at radius 3 is 2.25 bits per heavy atom. The van der Waals surface area contributed by atoms with Crippen molar-refractivity contribution in [2.45, 2.75) is 27.2 Å². The molecule has 0 aromatic heterocycles. The van der Waals surface area contributed by atoms with Crippen molar-refractivity contribution < 1.29 is 4.79 Å². The number of anilines is 1. The van der Waals surface area contributed by atoms with Crippen molar-refractivity contribution in [1.29, 1.82) is 0 Å². The van der Waals surface area contributed by atoms with Crippen molar-refractivity contribution in [3.63, 3.8) is 0 Å². The Kier molecular flexibility index (Phi) is 4.89. The van der Waals surface area contributed by atoms with Gasteiger partial charge in [-0.25, -0.2) is 0 Å². The van der Waals surface area contributed by atoms with Crippen LogP contribution in [0.3, 0.4) is 0 Å². The van der Waals surface area contributed by atoms with Crippen LogP contribution in [0.4, 0.5) is 5.69 Å². The van der Waals surface area contributed by atoms with Gasteiger partial charge < -0.3 is 9.80 Å². The molecule has 3 rings (SSSR count). The minimum absolute atomic E-state index is 0.236. The van der Waals surface area contributed by atoms with Gasteiger partial charge in [-0.2, -0.15) is 0 Å². The van der Waals surface area contributed by atoms with Crippen LogP contribution in [0, 0.1) is 20.8 Å². The van der Waals surface area contributed by atoms with E-state index in [4.69, 9.17) is 0 Å². The van der Waals surface area contributed by atoms with Crippen LogP contribution in [0.5, 0.6) is 0 Å². The van der Waals surface area contributed by atoms with E-state index in [0.717, 1.165) is 31.7 Å². The molecule has 0 bridgehead atoms. The van der Waals surface area contributed by atoms with Crippen LogP contribution in [0.2, 0.25) is 0 Å². The molecule has 1 heterocycles. The Morgan fingerprint density at radius 1 is 0.917 bits per heavy atom. The molecule has 0 atom stereocenters. The van der Waals surface area contributed by atoms with Crippen molar-refractivity contribution in [2.75, 3.05) is 31.1 Å². The van der Waals surface area contributed by atoms with E-state index in [1.807, 2.05) is 4.90 Å². The lowest BCUT2D eigenvalue weighted by molar-refractivity contribution is -0.130. The normalized spacial score (nSPS) is 14.8. The van der Waals surface area contributed by atoms with Crippen molar-refractivity contribution in [2.24, 2.45) is 0 Å². The molecule has 1 aliphatic rings. The highest BCUT2D eigenvalue weighted by atomic mass is 16.2. The summed E-state index contributed by atoms with van der Waals surface area (Å²) in [6.07, 6.45) is 0.504. The van der Waals surface area contributed by atoms with Crippen molar-refractivity contribution >= 4 is 11.6 Å². The molecule has 1 fully saturated rings. The van der Waals surface area contributed by atoms with E-state index in [9.17, 15) is 4.79 Å². The average Bonchev–Trinajstić information content (AvgIpc) is 2.59. The Hall–Kier alpha value is -2.29. The first-order valence-corrected chi connectivity index (χ1v) is 8.69. The topological polar surface area (TPSA) is 23.6 Å². The van der Waals surface area contributed by atoms with E-state index in [2.05, 4.69) is 68.1 Å². The zero-order valence-electron chi connectivity index (χ0n) is 14.9. The molecule has 126 valence electrons. The SMILES string of the molecule is Cc1ccc(CC(=O)N2CCN(c3cccc(C)c3C)CC2)cc1. The number of amides is 1. The maximum atomic E-state index is 12.5. The third-order valence-electron chi connectivity index (χ3n) is 5.03. The van der Waals surface area contributed by atoms with E-state index in [1.165, 1.54) is 22.4 Å². The molecule has 0 spiro atoms. The first-order valence-electron chi connectivity index (χ1n) is 8.69. The number of hydrogen-bond donors (Lipinski definition) is 0. The van der Waals surface area contributed by atoms with Crippen molar-refractivity contribution in [3.05, 3.63) is 64.7 Å². The molecule has 1 aliphatic heterocycles. The summed E-state index contributed by atoms with van der Waals surface area (Å²) in [7, 11) is 0. The molecule has 3 heteroatoms.